The summed E-state index contributed by atoms with van der Waals surface area (Å²) < 4.78 is 40.3. The average Bonchev–Trinajstić information content (AvgIpc) is 3.35. The van der Waals surface area contributed by atoms with Crippen LogP contribution < -0.4 is 4.90 Å². The first-order valence-corrected chi connectivity index (χ1v) is 11.8. The Labute approximate surface area is 169 Å². The summed E-state index contributed by atoms with van der Waals surface area (Å²) in [5, 5.41) is 6.77. The van der Waals surface area contributed by atoms with Gasteiger partial charge in [0.15, 0.2) is 5.13 Å². The molecule has 142 valence electrons. The minimum Gasteiger partial charge on any atom is -0.345 e. The number of halogens is 2. The molecule has 0 atom stereocenters. The number of thiazole rings is 1. The van der Waals surface area contributed by atoms with Crippen molar-refractivity contribution < 1.29 is 12.8 Å². The molecule has 1 saturated heterocycles. The van der Waals surface area contributed by atoms with Crippen LogP contribution in [0.15, 0.2) is 45.3 Å². The number of aromatic nitrogens is 1. The van der Waals surface area contributed by atoms with Gasteiger partial charge in [-0.15, -0.1) is 11.3 Å². The second kappa shape index (κ2) is 7.48. The van der Waals surface area contributed by atoms with Gasteiger partial charge in [-0.05, 0) is 29.6 Å². The van der Waals surface area contributed by atoms with Gasteiger partial charge in [0.2, 0.25) is 10.0 Å². The molecule has 3 aromatic rings. The molecular weight excluding hydrogens is 429 g/mol. The molecule has 0 aliphatic carbocycles. The lowest BCUT2D eigenvalue weighted by atomic mass is 10.3. The molecular formula is C17H15ClFN3O2S3. The van der Waals surface area contributed by atoms with Crippen molar-refractivity contribution in [2.45, 2.75) is 4.90 Å². The third-order valence-electron chi connectivity index (χ3n) is 4.35. The van der Waals surface area contributed by atoms with E-state index in [9.17, 15) is 12.8 Å². The van der Waals surface area contributed by atoms with E-state index in [1.54, 1.807) is 22.7 Å². The lowest BCUT2D eigenvalue weighted by molar-refractivity contribution is 0.384. The number of hydrogen-bond donors (Lipinski definition) is 0. The van der Waals surface area contributed by atoms with E-state index in [1.165, 1.54) is 10.4 Å². The van der Waals surface area contributed by atoms with Crippen LogP contribution in [0.3, 0.4) is 0 Å². The number of thiophene rings is 1. The van der Waals surface area contributed by atoms with Gasteiger partial charge in [0.25, 0.3) is 0 Å². The van der Waals surface area contributed by atoms with Gasteiger partial charge in [-0.3, -0.25) is 0 Å². The second-order valence-corrected chi connectivity index (χ2v) is 9.96. The van der Waals surface area contributed by atoms with E-state index in [4.69, 9.17) is 11.6 Å². The minimum atomic E-state index is -3.70. The molecule has 0 N–H and O–H groups in total. The zero-order valence-corrected chi connectivity index (χ0v) is 17.2. The summed E-state index contributed by atoms with van der Waals surface area (Å²) >= 11 is 8.92. The van der Waals surface area contributed by atoms with Crippen LogP contribution in [0, 0.1) is 5.82 Å². The lowest BCUT2D eigenvalue weighted by Crippen LogP contribution is -2.48. The molecule has 27 heavy (non-hydrogen) atoms. The first-order valence-electron chi connectivity index (χ1n) is 8.13. The molecule has 3 heterocycles. The molecule has 10 heteroatoms. The van der Waals surface area contributed by atoms with Crippen molar-refractivity contribution in [2.75, 3.05) is 31.1 Å². The number of anilines is 1. The molecule has 0 unspecified atom stereocenters. The van der Waals surface area contributed by atoms with E-state index in [-0.39, 0.29) is 9.92 Å². The van der Waals surface area contributed by atoms with Crippen molar-refractivity contribution in [3.8, 4) is 11.3 Å². The largest absolute Gasteiger partial charge is 0.345 e. The monoisotopic (exact) mass is 443 g/mol. The fourth-order valence-corrected chi connectivity index (χ4v) is 6.09. The third-order valence-corrected chi connectivity index (χ3v) is 8.12. The Balaban J connectivity index is 1.46. The molecule has 5 nitrogen and oxygen atoms in total. The van der Waals surface area contributed by atoms with Gasteiger partial charge in [0.1, 0.15) is 5.82 Å². The van der Waals surface area contributed by atoms with Crippen LogP contribution in [0.4, 0.5) is 9.52 Å². The molecule has 0 amide bonds. The zero-order valence-electron chi connectivity index (χ0n) is 14.0. The van der Waals surface area contributed by atoms with Gasteiger partial charge in [0, 0.05) is 42.5 Å². The number of sulfonamides is 1. The van der Waals surface area contributed by atoms with Crippen molar-refractivity contribution in [1.82, 2.24) is 9.29 Å². The van der Waals surface area contributed by atoms with Crippen LogP contribution in [-0.2, 0) is 10.0 Å². The summed E-state index contributed by atoms with van der Waals surface area (Å²) in [4.78, 5) is 6.77. The Hall–Kier alpha value is -1.52. The Morgan fingerprint density at radius 1 is 1.11 bits per heavy atom. The van der Waals surface area contributed by atoms with Gasteiger partial charge < -0.3 is 4.90 Å². The van der Waals surface area contributed by atoms with Gasteiger partial charge in [-0.2, -0.15) is 15.6 Å². The van der Waals surface area contributed by atoms with Crippen LogP contribution in [0.25, 0.3) is 11.3 Å². The maximum atomic E-state index is 13.3. The standard InChI is InChI=1S/C17H15ClFN3O2S3/c18-14-9-13(1-2-15(14)19)27(23,24)22-6-4-21(5-7-22)17-20-16(11-26-17)12-3-8-25-10-12/h1-3,8-11H,4-7H2. The average molecular weight is 444 g/mol. The number of nitrogens with zero attached hydrogens (tertiary/aromatic N) is 3. The summed E-state index contributed by atoms with van der Waals surface area (Å²) in [5.74, 6) is -0.634. The van der Waals surface area contributed by atoms with Crippen molar-refractivity contribution >= 4 is 49.4 Å². The SMILES string of the molecule is O=S(=O)(c1ccc(F)c(Cl)c1)N1CCN(c2nc(-c3ccsc3)cs2)CC1. The lowest BCUT2D eigenvalue weighted by Gasteiger charge is -2.33. The number of piperazine rings is 1. The third kappa shape index (κ3) is 3.74. The summed E-state index contributed by atoms with van der Waals surface area (Å²) in [7, 11) is -3.70. The van der Waals surface area contributed by atoms with Crippen LogP contribution in [0.1, 0.15) is 0 Å². The van der Waals surface area contributed by atoms with E-state index >= 15 is 0 Å². The van der Waals surface area contributed by atoms with Crippen molar-refractivity contribution in [3.63, 3.8) is 0 Å². The zero-order chi connectivity index (χ0) is 19.0. The van der Waals surface area contributed by atoms with E-state index in [0.29, 0.717) is 26.2 Å². The minimum absolute atomic E-state index is 0.0105. The summed E-state index contributed by atoms with van der Waals surface area (Å²) in [5.41, 5.74) is 2.03. The highest BCUT2D eigenvalue weighted by Gasteiger charge is 2.30. The predicted octanol–water partition coefficient (Wildman–Crippen LogP) is 4.18. The van der Waals surface area contributed by atoms with Crippen molar-refractivity contribution in [2.24, 2.45) is 0 Å². The predicted molar refractivity (Wildman–Crippen MR) is 108 cm³/mol. The first kappa shape index (κ1) is 18.8. The van der Waals surface area contributed by atoms with Gasteiger partial charge in [-0.1, -0.05) is 11.6 Å². The molecule has 0 radical (unpaired) electrons. The number of rotatable bonds is 4. The Bertz CT molecular complexity index is 1050. The molecule has 4 rings (SSSR count). The first-order chi connectivity index (χ1) is 12.9. The maximum absolute atomic E-state index is 13.3. The van der Waals surface area contributed by atoms with E-state index in [1.807, 2.05) is 16.8 Å². The molecule has 1 fully saturated rings. The summed E-state index contributed by atoms with van der Waals surface area (Å²) in [6.45, 7) is 1.77. The highest BCUT2D eigenvalue weighted by molar-refractivity contribution is 7.89. The van der Waals surface area contributed by atoms with Crippen molar-refractivity contribution in [1.29, 1.82) is 0 Å². The normalized spacial score (nSPS) is 16.0. The molecule has 1 aliphatic heterocycles. The highest BCUT2D eigenvalue weighted by Crippen LogP contribution is 2.30. The van der Waals surface area contributed by atoms with Gasteiger partial charge >= 0.3 is 0 Å². The summed E-state index contributed by atoms with van der Waals surface area (Å²) in [6.07, 6.45) is 0. The fraction of sp³-hybridized carbons (Fsp3) is 0.235. The summed E-state index contributed by atoms with van der Waals surface area (Å²) in [6, 6.07) is 5.51. The maximum Gasteiger partial charge on any atom is 0.243 e. The molecule has 1 aliphatic rings. The van der Waals surface area contributed by atoms with Gasteiger partial charge in [0.05, 0.1) is 15.6 Å². The molecule has 0 bridgehead atoms. The highest BCUT2D eigenvalue weighted by atomic mass is 35.5. The van der Waals surface area contributed by atoms with Crippen LogP contribution in [0.2, 0.25) is 5.02 Å². The molecule has 2 aromatic heterocycles. The number of hydrogen-bond acceptors (Lipinski definition) is 6. The van der Waals surface area contributed by atoms with Gasteiger partial charge in [-0.25, -0.2) is 17.8 Å². The second-order valence-electron chi connectivity index (χ2n) is 5.99. The topological polar surface area (TPSA) is 53.5 Å². The van der Waals surface area contributed by atoms with E-state index in [2.05, 4.69) is 15.3 Å². The van der Waals surface area contributed by atoms with Crippen LogP contribution >= 0.6 is 34.3 Å². The molecule has 0 spiro atoms. The van der Waals surface area contributed by atoms with Crippen LogP contribution in [-0.4, -0.2) is 43.9 Å². The molecule has 0 saturated carbocycles. The fourth-order valence-electron chi connectivity index (χ4n) is 2.86. The number of benzene rings is 1. The van der Waals surface area contributed by atoms with Crippen molar-refractivity contribution in [3.05, 3.63) is 51.2 Å². The van der Waals surface area contributed by atoms with E-state index < -0.39 is 15.8 Å². The smallest absolute Gasteiger partial charge is 0.243 e. The quantitative estimate of drug-likeness (QED) is 0.607. The Morgan fingerprint density at radius 2 is 1.89 bits per heavy atom. The molecule has 1 aromatic carbocycles. The van der Waals surface area contributed by atoms with Crippen LogP contribution in [0.5, 0.6) is 0 Å². The Kier molecular flexibility index (Phi) is 5.21. The Morgan fingerprint density at radius 3 is 2.56 bits per heavy atom. The van der Waals surface area contributed by atoms with E-state index in [0.717, 1.165) is 28.5 Å².